The van der Waals surface area contributed by atoms with Crippen LogP contribution in [0.4, 0.5) is 5.69 Å². The third kappa shape index (κ3) is 4.71. The number of likely N-dealkylation sites (tertiary alicyclic amines) is 1. The second kappa shape index (κ2) is 9.13. The van der Waals surface area contributed by atoms with Crippen molar-refractivity contribution in [3.8, 4) is 16.9 Å². The molecule has 0 spiro atoms. The van der Waals surface area contributed by atoms with E-state index in [4.69, 9.17) is 4.74 Å². The molecule has 1 amide bonds. The van der Waals surface area contributed by atoms with Crippen LogP contribution < -0.4 is 10.1 Å². The minimum Gasteiger partial charge on any atom is -0.497 e. The number of piperidine rings is 1. The number of ether oxygens (including phenoxy) is 1. The highest BCUT2D eigenvalue weighted by Crippen LogP contribution is 2.35. The molecule has 0 radical (unpaired) electrons. The molecule has 0 bridgehead atoms. The smallest absolute Gasteiger partial charge is 0.221 e. The highest BCUT2D eigenvalue weighted by molar-refractivity contribution is 5.88. The van der Waals surface area contributed by atoms with Gasteiger partial charge >= 0.3 is 0 Å². The van der Waals surface area contributed by atoms with E-state index in [0.717, 1.165) is 49.5 Å². The van der Waals surface area contributed by atoms with E-state index < -0.39 is 0 Å². The molecule has 1 aliphatic heterocycles. The summed E-state index contributed by atoms with van der Waals surface area (Å²) in [5.41, 5.74) is 5.64. The number of hydrogen-bond acceptors (Lipinski definition) is 4. The molecule has 1 aromatic heterocycles. The fourth-order valence-corrected chi connectivity index (χ4v) is 4.16. The molecule has 30 heavy (non-hydrogen) atoms. The Kier molecular flexibility index (Phi) is 6.14. The van der Waals surface area contributed by atoms with Crippen molar-refractivity contribution in [3.63, 3.8) is 0 Å². The van der Waals surface area contributed by atoms with Crippen molar-refractivity contribution in [1.82, 2.24) is 15.1 Å². The van der Waals surface area contributed by atoms with Crippen molar-refractivity contribution in [1.29, 1.82) is 0 Å². The van der Waals surface area contributed by atoms with Crippen LogP contribution in [0.3, 0.4) is 0 Å². The molecule has 3 aromatic rings. The molecule has 2 N–H and O–H groups in total. The maximum atomic E-state index is 11.2. The summed E-state index contributed by atoms with van der Waals surface area (Å²) >= 11 is 0. The van der Waals surface area contributed by atoms with Crippen molar-refractivity contribution in [2.24, 2.45) is 0 Å². The Morgan fingerprint density at radius 3 is 2.67 bits per heavy atom. The van der Waals surface area contributed by atoms with Crippen LogP contribution in [0.25, 0.3) is 11.1 Å². The van der Waals surface area contributed by atoms with Gasteiger partial charge in [-0.05, 0) is 61.3 Å². The van der Waals surface area contributed by atoms with Crippen LogP contribution in [0.2, 0.25) is 0 Å². The van der Waals surface area contributed by atoms with Crippen molar-refractivity contribution in [2.75, 3.05) is 25.5 Å². The number of benzene rings is 2. The van der Waals surface area contributed by atoms with E-state index in [2.05, 4.69) is 44.7 Å². The SMILES string of the molecule is COc1cccc(-c2cn[nH]c2C2CCN(Cc3ccc(NC(C)=O)cc3)CC2)c1. The van der Waals surface area contributed by atoms with Gasteiger partial charge in [0.2, 0.25) is 5.91 Å². The Balaban J connectivity index is 1.37. The molecule has 2 heterocycles. The molecule has 2 aromatic carbocycles. The zero-order valence-corrected chi connectivity index (χ0v) is 17.5. The number of amides is 1. The summed E-state index contributed by atoms with van der Waals surface area (Å²) in [4.78, 5) is 13.6. The van der Waals surface area contributed by atoms with Crippen LogP contribution in [-0.4, -0.2) is 41.2 Å². The first-order valence-electron chi connectivity index (χ1n) is 10.4. The number of anilines is 1. The first-order chi connectivity index (χ1) is 14.6. The van der Waals surface area contributed by atoms with Gasteiger partial charge in [-0.2, -0.15) is 5.10 Å². The predicted octanol–water partition coefficient (Wildman–Crippen LogP) is 4.42. The van der Waals surface area contributed by atoms with Gasteiger partial charge in [-0.15, -0.1) is 0 Å². The molecule has 0 saturated carbocycles. The number of nitrogens with one attached hydrogen (secondary N) is 2. The second-order valence-corrected chi connectivity index (χ2v) is 7.86. The van der Waals surface area contributed by atoms with Gasteiger partial charge in [-0.1, -0.05) is 24.3 Å². The molecule has 6 nitrogen and oxygen atoms in total. The van der Waals surface area contributed by atoms with Crippen molar-refractivity contribution < 1.29 is 9.53 Å². The topological polar surface area (TPSA) is 70.2 Å². The number of H-pyrrole nitrogens is 1. The Hall–Kier alpha value is -3.12. The van der Waals surface area contributed by atoms with Crippen LogP contribution in [0.1, 0.15) is 36.9 Å². The number of methoxy groups -OCH3 is 1. The molecular formula is C24H28N4O2. The van der Waals surface area contributed by atoms with E-state index >= 15 is 0 Å². The zero-order valence-electron chi connectivity index (χ0n) is 17.5. The zero-order chi connectivity index (χ0) is 20.9. The molecule has 1 saturated heterocycles. The first kappa shape index (κ1) is 20.2. The molecule has 156 valence electrons. The van der Waals surface area contributed by atoms with Crippen LogP contribution >= 0.6 is 0 Å². The number of carbonyl (C=O) groups is 1. The van der Waals surface area contributed by atoms with Crippen LogP contribution in [0, 0.1) is 0 Å². The average Bonchev–Trinajstić information content (AvgIpc) is 3.25. The lowest BCUT2D eigenvalue weighted by atomic mass is 9.89. The third-order valence-corrected chi connectivity index (χ3v) is 5.73. The van der Waals surface area contributed by atoms with Gasteiger partial charge < -0.3 is 10.1 Å². The number of aromatic nitrogens is 2. The largest absolute Gasteiger partial charge is 0.497 e. The Morgan fingerprint density at radius 1 is 1.20 bits per heavy atom. The predicted molar refractivity (Wildman–Crippen MR) is 119 cm³/mol. The number of nitrogens with zero attached hydrogens (tertiary/aromatic N) is 2. The molecular weight excluding hydrogens is 376 g/mol. The lowest BCUT2D eigenvalue weighted by molar-refractivity contribution is -0.114. The lowest BCUT2D eigenvalue weighted by Crippen LogP contribution is -2.32. The number of carbonyl (C=O) groups excluding carboxylic acids is 1. The maximum absolute atomic E-state index is 11.2. The normalized spacial score (nSPS) is 15.1. The monoisotopic (exact) mass is 404 g/mol. The minimum atomic E-state index is -0.0445. The summed E-state index contributed by atoms with van der Waals surface area (Å²) in [5.74, 6) is 1.29. The summed E-state index contributed by atoms with van der Waals surface area (Å²) in [6.07, 6.45) is 4.12. The van der Waals surface area contributed by atoms with Crippen molar-refractivity contribution in [3.05, 3.63) is 66.0 Å². The van der Waals surface area contributed by atoms with E-state index in [-0.39, 0.29) is 5.91 Å². The van der Waals surface area contributed by atoms with Gasteiger partial charge in [0.15, 0.2) is 0 Å². The summed E-state index contributed by atoms with van der Waals surface area (Å²) in [7, 11) is 1.69. The maximum Gasteiger partial charge on any atom is 0.221 e. The molecule has 0 unspecified atom stereocenters. The van der Waals surface area contributed by atoms with Gasteiger partial charge in [0.05, 0.1) is 13.3 Å². The van der Waals surface area contributed by atoms with Gasteiger partial charge in [-0.3, -0.25) is 14.8 Å². The van der Waals surface area contributed by atoms with Crippen LogP contribution in [-0.2, 0) is 11.3 Å². The summed E-state index contributed by atoms with van der Waals surface area (Å²) in [6.45, 7) is 4.56. The number of rotatable bonds is 6. The first-order valence-corrected chi connectivity index (χ1v) is 10.4. The van der Waals surface area contributed by atoms with Crippen molar-refractivity contribution >= 4 is 11.6 Å². The van der Waals surface area contributed by atoms with E-state index in [0.29, 0.717) is 5.92 Å². The van der Waals surface area contributed by atoms with E-state index in [9.17, 15) is 4.79 Å². The summed E-state index contributed by atoms with van der Waals surface area (Å²) in [5, 5.41) is 10.4. The van der Waals surface area contributed by atoms with Crippen molar-refractivity contribution in [2.45, 2.75) is 32.2 Å². The fourth-order valence-electron chi connectivity index (χ4n) is 4.16. The van der Waals surface area contributed by atoms with E-state index in [1.807, 2.05) is 30.5 Å². The molecule has 0 atom stereocenters. The lowest BCUT2D eigenvalue weighted by Gasteiger charge is -2.32. The quantitative estimate of drug-likeness (QED) is 0.638. The average molecular weight is 405 g/mol. The van der Waals surface area contributed by atoms with Gasteiger partial charge in [0, 0.05) is 36.3 Å². The van der Waals surface area contributed by atoms with Gasteiger partial charge in [0.1, 0.15) is 5.75 Å². The number of hydrogen-bond donors (Lipinski definition) is 2. The third-order valence-electron chi connectivity index (χ3n) is 5.73. The highest BCUT2D eigenvalue weighted by Gasteiger charge is 2.24. The van der Waals surface area contributed by atoms with Crippen LogP contribution in [0.15, 0.2) is 54.7 Å². The minimum absolute atomic E-state index is 0.0445. The van der Waals surface area contributed by atoms with Crippen LogP contribution in [0.5, 0.6) is 5.75 Å². The highest BCUT2D eigenvalue weighted by atomic mass is 16.5. The Labute approximate surface area is 177 Å². The van der Waals surface area contributed by atoms with E-state index in [1.165, 1.54) is 23.7 Å². The standard InChI is InChI=1S/C24H28N4O2/c1-17(29)26-21-8-6-18(7-9-21)16-28-12-10-19(11-13-28)24-23(15-25-27-24)20-4-3-5-22(14-20)30-2/h3-9,14-15,19H,10-13,16H2,1-2H3,(H,25,27)(H,26,29). The summed E-state index contributed by atoms with van der Waals surface area (Å²) < 4.78 is 5.38. The molecule has 1 fully saturated rings. The molecule has 6 heteroatoms. The summed E-state index contributed by atoms with van der Waals surface area (Å²) in [6, 6.07) is 16.3. The number of aromatic amines is 1. The fraction of sp³-hybridized carbons (Fsp3) is 0.333. The molecule has 4 rings (SSSR count). The van der Waals surface area contributed by atoms with Gasteiger partial charge in [-0.25, -0.2) is 0 Å². The Morgan fingerprint density at radius 2 is 1.97 bits per heavy atom. The second-order valence-electron chi connectivity index (χ2n) is 7.86. The molecule has 1 aliphatic rings. The molecule has 0 aliphatic carbocycles. The van der Waals surface area contributed by atoms with Gasteiger partial charge in [0.25, 0.3) is 0 Å². The Bertz CT molecular complexity index is 988. The van der Waals surface area contributed by atoms with E-state index in [1.54, 1.807) is 7.11 Å².